The van der Waals surface area contributed by atoms with Crippen molar-refractivity contribution in [2.75, 3.05) is 0 Å². The molecule has 1 atom stereocenters. The SMILES string of the molecule is N[C@H](c1ccc(-c2cncnc2)cc1)C(F)(F)F. The van der Waals surface area contributed by atoms with Gasteiger partial charge < -0.3 is 5.73 Å². The minimum atomic E-state index is -4.43. The van der Waals surface area contributed by atoms with Crippen LogP contribution in [-0.2, 0) is 0 Å². The Balaban J connectivity index is 2.26. The number of hydrogen-bond donors (Lipinski definition) is 1. The highest BCUT2D eigenvalue weighted by atomic mass is 19.4. The van der Waals surface area contributed by atoms with Crippen molar-refractivity contribution in [2.24, 2.45) is 5.73 Å². The van der Waals surface area contributed by atoms with Crippen LogP contribution in [0.5, 0.6) is 0 Å². The molecule has 0 spiro atoms. The summed E-state index contributed by atoms with van der Waals surface area (Å²) in [5, 5.41) is 0. The molecule has 0 amide bonds. The molecule has 0 aliphatic rings. The number of alkyl halides is 3. The fraction of sp³-hybridized carbons (Fsp3) is 0.167. The Morgan fingerprint density at radius 1 is 0.944 bits per heavy atom. The maximum atomic E-state index is 12.4. The lowest BCUT2D eigenvalue weighted by Crippen LogP contribution is -2.28. The summed E-state index contributed by atoms with van der Waals surface area (Å²) in [6.45, 7) is 0. The van der Waals surface area contributed by atoms with Crippen molar-refractivity contribution >= 4 is 0 Å². The van der Waals surface area contributed by atoms with Crippen molar-refractivity contribution in [3.05, 3.63) is 48.5 Å². The Bertz CT molecular complexity index is 508. The van der Waals surface area contributed by atoms with Gasteiger partial charge in [0, 0.05) is 18.0 Å². The summed E-state index contributed by atoms with van der Waals surface area (Å²) < 4.78 is 37.2. The van der Waals surface area contributed by atoms with Crippen LogP contribution < -0.4 is 5.73 Å². The Morgan fingerprint density at radius 2 is 1.50 bits per heavy atom. The summed E-state index contributed by atoms with van der Waals surface area (Å²) in [4.78, 5) is 7.68. The van der Waals surface area contributed by atoms with Gasteiger partial charge >= 0.3 is 6.18 Å². The molecule has 0 aliphatic carbocycles. The average Bonchev–Trinajstić information content (AvgIpc) is 2.38. The normalized spacial score (nSPS) is 13.3. The molecule has 2 aromatic rings. The predicted octanol–water partition coefficient (Wildman–Crippen LogP) is 2.71. The number of benzene rings is 1. The van der Waals surface area contributed by atoms with E-state index in [1.807, 2.05) is 0 Å². The number of nitrogens with zero attached hydrogens (tertiary/aromatic N) is 2. The zero-order valence-electron chi connectivity index (χ0n) is 9.22. The first-order valence-corrected chi connectivity index (χ1v) is 5.16. The van der Waals surface area contributed by atoms with Crippen LogP contribution in [0.1, 0.15) is 11.6 Å². The number of hydrogen-bond acceptors (Lipinski definition) is 3. The van der Waals surface area contributed by atoms with Gasteiger partial charge in [-0.25, -0.2) is 9.97 Å². The van der Waals surface area contributed by atoms with Gasteiger partial charge in [-0.3, -0.25) is 0 Å². The molecule has 0 unspecified atom stereocenters. The number of halogens is 3. The van der Waals surface area contributed by atoms with E-state index < -0.39 is 12.2 Å². The van der Waals surface area contributed by atoms with Crippen LogP contribution in [0.3, 0.4) is 0 Å². The summed E-state index contributed by atoms with van der Waals surface area (Å²) in [6.07, 6.45) is 0.131. The summed E-state index contributed by atoms with van der Waals surface area (Å²) in [5.41, 5.74) is 6.63. The van der Waals surface area contributed by atoms with Crippen LogP contribution in [0.15, 0.2) is 43.0 Å². The third-order valence-electron chi connectivity index (χ3n) is 2.52. The maximum Gasteiger partial charge on any atom is 0.407 e. The summed E-state index contributed by atoms with van der Waals surface area (Å²) in [7, 11) is 0. The van der Waals surface area contributed by atoms with Gasteiger partial charge in [0.25, 0.3) is 0 Å². The Kier molecular flexibility index (Phi) is 3.29. The number of nitrogens with two attached hydrogens (primary N) is 1. The lowest BCUT2D eigenvalue weighted by molar-refractivity contribution is -0.149. The van der Waals surface area contributed by atoms with Gasteiger partial charge in [-0.05, 0) is 11.1 Å². The van der Waals surface area contributed by atoms with Gasteiger partial charge in [-0.1, -0.05) is 24.3 Å². The Morgan fingerprint density at radius 3 is 2.00 bits per heavy atom. The van der Waals surface area contributed by atoms with Crippen molar-refractivity contribution in [3.8, 4) is 11.1 Å². The third-order valence-corrected chi connectivity index (χ3v) is 2.52. The molecule has 3 nitrogen and oxygen atoms in total. The minimum absolute atomic E-state index is 0.0306. The maximum absolute atomic E-state index is 12.4. The summed E-state index contributed by atoms with van der Waals surface area (Å²) in [5.74, 6) is 0. The Hall–Kier alpha value is -1.95. The van der Waals surface area contributed by atoms with E-state index in [0.717, 1.165) is 11.1 Å². The molecule has 0 bridgehead atoms. The summed E-state index contributed by atoms with van der Waals surface area (Å²) >= 11 is 0. The molecule has 2 N–H and O–H groups in total. The fourth-order valence-electron chi connectivity index (χ4n) is 1.52. The van der Waals surface area contributed by atoms with Crippen molar-refractivity contribution in [3.63, 3.8) is 0 Å². The van der Waals surface area contributed by atoms with Gasteiger partial charge in [0.1, 0.15) is 12.4 Å². The van der Waals surface area contributed by atoms with Crippen LogP contribution in [0.25, 0.3) is 11.1 Å². The zero-order valence-corrected chi connectivity index (χ0v) is 9.22. The van der Waals surface area contributed by atoms with Crippen LogP contribution in [0.4, 0.5) is 13.2 Å². The van der Waals surface area contributed by atoms with Crippen molar-refractivity contribution in [1.29, 1.82) is 0 Å². The highest BCUT2D eigenvalue weighted by Crippen LogP contribution is 2.31. The summed E-state index contributed by atoms with van der Waals surface area (Å²) in [6, 6.07) is 3.90. The monoisotopic (exact) mass is 253 g/mol. The molecule has 6 heteroatoms. The number of aromatic nitrogens is 2. The highest BCUT2D eigenvalue weighted by molar-refractivity contribution is 5.61. The molecular weight excluding hydrogens is 243 g/mol. The molecule has 0 fully saturated rings. The Labute approximate surface area is 101 Å². The van der Waals surface area contributed by atoms with Crippen molar-refractivity contribution in [2.45, 2.75) is 12.2 Å². The standard InChI is InChI=1S/C12H10F3N3/c13-12(14,15)11(16)9-3-1-8(2-4-9)10-5-17-7-18-6-10/h1-7,11H,16H2/t11-/m1/s1. The molecule has 1 heterocycles. The first-order valence-electron chi connectivity index (χ1n) is 5.16. The van der Waals surface area contributed by atoms with E-state index >= 15 is 0 Å². The van der Waals surface area contributed by atoms with Gasteiger partial charge in [-0.15, -0.1) is 0 Å². The first-order chi connectivity index (χ1) is 8.48. The predicted molar refractivity (Wildman–Crippen MR) is 60.5 cm³/mol. The van der Waals surface area contributed by atoms with E-state index in [4.69, 9.17) is 5.73 Å². The van der Waals surface area contributed by atoms with Gasteiger partial charge in [0.15, 0.2) is 0 Å². The van der Waals surface area contributed by atoms with Crippen molar-refractivity contribution < 1.29 is 13.2 Å². The lowest BCUT2D eigenvalue weighted by atomic mass is 10.0. The van der Waals surface area contributed by atoms with E-state index in [0.29, 0.717) is 0 Å². The molecule has 2 rings (SSSR count). The molecular formula is C12H10F3N3. The minimum Gasteiger partial charge on any atom is -0.316 e. The van der Waals surface area contributed by atoms with E-state index in [1.54, 1.807) is 24.5 Å². The van der Waals surface area contributed by atoms with E-state index in [1.165, 1.54) is 18.5 Å². The third kappa shape index (κ3) is 2.65. The lowest BCUT2D eigenvalue weighted by Gasteiger charge is -2.16. The number of rotatable bonds is 2. The molecule has 94 valence electrons. The van der Waals surface area contributed by atoms with Crippen LogP contribution in [-0.4, -0.2) is 16.1 Å². The second kappa shape index (κ2) is 4.73. The van der Waals surface area contributed by atoms with E-state index in [9.17, 15) is 13.2 Å². The van der Waals surface area contributed by atoms with Crippen LogP contribution >= 0.6 is 0 Å². The molecule has 1 aromatic heterocycles. The fourth-order valence-corrected chi connectivity index (χ4v) is 1.52. The van der Waals surface area contributed by atoms with E-state index in [2.05, 4.69) is 9.97 Å². The molecule has 18 heavy (non-hydrogen) atoms. The van der Waals surface area contributed by atoms with Crippen molar-refractivity contribution in [1.82, 2.24) is 9.97 Å². The van der Waals surface area contributed by atoms with Gasteiger partial charge in [0.05, 0.1) is 0 Å². The quantitative estimate of drug-likeness (QED) is 0.895. The molecule has 0 saturated heterocycles. The highest BCUT2D eigenvalue weighted by Gasteiger charge is 2.37. The molecule has 1 aromatic carbocycles. The first kappa shape index (κ1) is 12.5. The zero-order chi connectivity index (χ0) is 13.2. The molecule has 0 aliphatic heterocycles. The van der Waals surface area contributed by atoms with Crippen LogP contribution in [0.2, 0.25) is 0 Å². The molecule has 0 saturated carbocycles. The molecule has 0 radical (unpaired) electrons. The second-order valence-corrected chi connectivity index (χ2v) is 3.77. The van der Waals surface area contributed by atoms with Gasteiger partial charge in [0.2, 0.25) is 0 Å². The topological polar surface area (TPSA) is 51.8 Å². The second-order valence-electron chi connectivity index (χ2n) is 3.77. The average molecular weight is 253 g/mol. The smallest absolute Gasteiger partial charge is 0.316 e. The van der Waals surface area contributed by atoms with Gasteiger partial charge in [-0.2, -0.15) is 13.2 Å². The van der Waals surface area contributed by atoms with E-state index in [-0.39, 0.29) is 5.56 Å². The van der Waals surface area contributed by atoms with Crippen LogP contribution in [0, 0.1) is 0 Å². The largest absolute Gasteiger partial charge is 0.407 e.